The third-order valence-corrected chi connectivity index (χ3v) is 3.79. The zero-order valence-electron chi connectivity index (χ0n) is 9.08. The van der Waals surface area contributed by atoms with Crippen molar-refractivity contribution in [3.63, 3.8) is 0 Å². The van der Waals surface area contributed by atoms with E-state index in [9.17, 15) is 10.2 Å². The Kier molecular flexibility index (Phi) is 1.73. The highest BCUT2D eigenvalue weighted by molar-refractivity contribution is 5.87. The van der Waals surface area contributed by atoms with Crippen LogP contribution in [0.3, 0.4) is 0 Å². The molecule has 2 N–H and O–H groups in total. The molecular weight excluding hydrogens is 216 g/mol. The van der Waals surface area contributed by atoms with E-state index in [0.717, 1.165) is 21.9 Å². The fraction of sp³-hybridized carbons (Fsp3) is 0.286. The first-order valence-electron chi connectivity index (χ1n) is 5.80. The minimum absolute atomic E-state index is 0.0343. The van der Waals surface area contributed by atoms with Crippen molar-refractivity contribution in [3.05, 3.63) is 47.5 Å². The Balaban J connectivity index is 2.06. The van der Waals surface area contributed by atoms with E-state index in [0.29, 0.717) is 0 Å². The summed E-state index contributed by atoms with van der Waals surface area (Å²) in [6.07, 6.45) is -1.91. The molecule has 2 aliphatic rings. The zero-order valence-corrected chi connectivity index (χ0v) is 9.08. The molecule has 4 unspecified atom stereocenters. The van der Waals surface area contributed by atoms with E-state index in [4.69, 9.17) is 4.74 Å². The first-order valence-corrected chi connectivity index (χ1v) is 5.80. The fourth-order valence-electron chi connectivity index (χ4n) is 2.87. The van der Waals surface area contributed by atoms with Gasteiger partial charge in [0.2, 0.25) is 0 Å². The molecule has 4 rings (SSSR count). The van der Waals surface area contributed by atoms with Crippen LogP contribution in [0.25, 0.3) is 10.8 Å². The van der Waals surface area contributed by atoms with Crippen LogP contribution in [0, 0.1) is 0 Å². The molecule has 2 aromatic carbocycles. The number of benzene rings is 2. The number of rotatable bonds is 0. The predicted molar refractivity (Wildman–Crippen MR) is 62.5 cm³/mol. The maximum absolute atomic E-state index is 10.2. The molecule has 0 aromatic heterocycles. The third-order valence-electron chi connectivity index (χ3n) is 3.79. The summed E-state index contributed by atoms with van der Waals surface area (Å²) < 4.78 is 5.43. The Morgan fingerprint density at radius 1 is 1.00 bits per heavy atom. The van der Waals surface area contributed by atoms with E-state index in [2.05, 4.69) is 0 Å². The molecule has 3 nitrogen and oxygen atoms in total. The average Bonchev–Trinajstić information content (AvgIpc) is 3.15. The highest BCUT2D eigenvalue weighted by Crippen LogP contribution is 2.52. The summed E-state index contributed by atoms with van der Waals surface area (Å²) in [5.41, 5.74) is 1.85. The molecule has 2 aromatic rings. The summed E-state index contributed by atoms with van der Waals surface area (Å²) in [6, 6.07) is 11.9. The van der Waals surface area contributed by atoms with Gasteiger partial charge >= 0.3 is 0 Å². The van der Waals surface area contributed by atoms with Gasteiger partial charge < -0.3 is 14.9 Å². The molecule has 1 saturated heterocycles. The number of aliphatic hydroxyl groups is 2. The molecule has 0 saturated carbocycles. The van der Waals surface area contributed by atoms with Gasteiger partial charge in [0.05, 0.1) is 0 Å². The molecule has 4 atom stereocenters. The molecule has 86 valence electrons. The van der Waals surface area contributed by atoms with Crippen LogP contribution in [0.2, 0.25) is 0 Å². The van der Waals surface area contributed by atoms with Gasteiger partial charge in [-0.25, -0.2) is 0 Å². The Bertz CT molecular complexity index is 607. The second kappa shape index (κ2) is 3.07. The van der Waals surface area contributed by atoms with Gasteiger partial charge in [-0.15, -0.1) is 0 Å². The Morgan fingerprint density at radius 2 is 1.82 bits per heavy atom. The molecule has 3 heteroatoms. The second-order valence-corrected chi connectivity index (χ2v) is 4.75. The van der Waals surface area contributed by atoms with Crippen molar-refractivity contribution in [3.8, 4) is 0 Å². The minimum Gasteiger partial charge on any atom is -0.387 e. The van der Waals surface area contributed by atoms with Crippen molar-refractivity contribution >= 4 is 10.8 Å². The Morgan fingerprint density at radius 3 is 2.71 bits per heavy atom. The molecule has 1 heterocycles. The number of fused-ring (bicyclic) bond motifs is 5. The highest BCUT2D eigenvalue weighted by Gasteiger charge is 2.53. The standard InChI is InChI=1S/C14H12O3/c15-11-10-8-4-2-1-3-7(8)5-6-9(10)13-14(17-13)12(11)16/h1-6,11-16H. The van der Waals surface area contributed by atoms with Gasteiger partial charge in [0, 0.05) is 0 Å². The van der Waals surface area contributed by atoms with E-state index in [1.54, 1.807) is 0 Å². The van der Waals surface area contributed by atoms with Gasteiger partial charge in [-0.05, 0) is 21.9 Å². The number of aliphatic hydroxyl groups excluding tert-OH is 2. The lowest BCUT2D eigenvalue weighted by atomic mass is 9.84. The molecule has 0 spiro atoms. The summed E-state index contributed by atoms with van der Waals surface area (Å²) in [4.78, 5) is 0. The van der Waals surface area contributed by atoms with Crippen LogP contribution in [0.15, 0.2) is 36.4 Å². The maximum atomic E-state index is 10.2. The maximum Gasteiger partial charge on any atom is 0.118 e. The lowest BCUT2D eigenvalue weighted by Crippen LogP contribution is -2.29. The second-order valence-electron chi connectivity index (χ2n) is 4.75. The number of hydrogen-bond acceptors (Lipinski definition) is 3. The van der Waals surface area contributed by atoms with Crippen molar-refractivity contribution in [2.75, 3.05) is 0 Å². The summed E-state index contributed by atoms with van der Waals surface area (Å²) in [6.45, 7) is 0. The van der Waals surface area contributed by atoms with Crippen molar-refractivity contribution in [2.24, 2.45) is 0 Å². The van der Waals surface area contributed by atoms with Crippen molar-refractivity contribution in [1.82, 2.24) is 0 Å². The summed E-state index contributed by atoms with van der Waals surface area (Å²) in [5.74, 6) is 0. The third kappa shape index (κ3) is 1.16. The molecule has 1 aliphatic heterocycles. The largest absolute Gasteiger partial charge is 0.387 e. The molecule has 1 aliphatic carbocycles. The first-order chi connectivity index (χ1) is 8.27. The Labute approximate surface area is 98.3 Å². The van der Waals surface area contributed by atoms with E-state index < -0.39 is 12.2 Å². The molecule has 1 fully saturated rings. The quantitative estimate of drug-likeness (QED) is 0.675. The first kappa shape index (κ1) is 9.59. The molecule has 17 heavy (non-hydrogen) atoms. The Hall–Kier alpha value is -1.42. The number of ether oxygens (including phenoxy) is 1. The predicted octanol–water partition coefficient (Wildman–Crippen LogP) is 1.69. The van der Waals surface area contributed by atoms with Gasteiger partial charge in [0.25, 0.3) is 0 Å². The van der Waals surface area contributed by atoms with Crippen LogP contribution in [0.4, 0.5) is 0 Å². The monoisotopic (exact) mass is 228 g/mol. The van der Waals surface area contributed by atoms with Crippen molar-refractivity contribution < 1.29 is 14.9 Å². The van der Waals surface area contributed by atoms with E-state index in [-0.39, 0.29) is 12.2 Å². The highest BCUT2D eigenvalue weighted by atomic mass is 16.6. The van der Waals surface area contributed by atoms with E-state index in [1.807, 2.05) is 36.4 Å². The van der Waals surface area contributed by atoms with Crippen LogP contribution in [0.1, 0.15) is 23.3 Å². The molecule has 0 amide bonds. The average molecular weight is 228 g/mol. The van der Waals surface area contributed by atoms with Gasteiger partial charge in [-0.3, -0.25) is 0 Å². The molecular formula is C14H12O3. The normalized spacial score (nSPS) is 34.2. The van der Waals surface area contributed by atoms with Gasteiger partial charge in [-0.2, -0.15) is 0 Å². The number of hydrogen-bond donors (Lipinski definition) is 2. The molecule has 0 radical (unpaired) electrons. The van der Waals surface area contributed by atoms with Crippen LogP contribution in [0.5, 0.6) is 0 Å². The van der Waals surface area contributed by atoms with Gasteiger partial charge in [-0.1, -0.05) is 36.4 Å². The zero-order chi connectivity index (χ0) is 11.6. The lowest BCUT2D eigenvalue weighted by Gasteiger charge is -2.24. The lowest BCUT2D eigenvalue weighted by molar-refractivity contribution is 0.000828. The van der Waals surface area contributed by atoms with E-state index in [1.165, 1.54) is 0 Å². The minimum atomic E-state index is -0.847. The smallest absolute Gasteiger partial charge is 0.118 e. The molecule has 0 bridgehead atoms. The van der Waals surface area contributed by atoms with E-state index >= 15 is 0 Å². The van der Waals surface area contributed by atoms with Crippen molar-refractivity contribution in [1.29, 1.82) is 0 Å². The summed E-state index contributed by atoms with van der Waals surface area (Å²) >= 11 is 0. The fourth-order valence-corrected chi connectivity index (χ4v) is 2.87. The van der Waals surface area contributed by atoms with Gasteiger partial charge in [0.1, 0.15) is 24.4 Å². The topological polar surface area (TPSA) is 53.0 Å². The summed E-state index contributed by atoms with van der Waals surface area (Å²) in [7, 11) is 0. The van der Waals surface area contributed by atoms with Crippen LogP contribution in [-0.2, 0) is 4.74 Å². The van der Waals surface area contributed by atoms with Crippen molar-refractivity contribution in [2.45, 2.75) is 24.4 Å². The van der Waals surface area contributed by atoms with Crippen LogP contribution >= 0.6 is 0 Å². The van der Waals surface area contributed by atoms with Crippen LogP contribution in [-0.4, -0.2) is 22.4 Å². The SMILES string of the molecule is OC1c2c(ccc3ccccc23)C2OC2C1O. The summed E-state index contributed by atoms with van der Waals surface area (Å²) in [5, 5.41) is 22.2. The number of epoxide rings is 1. The van der Waals surface area contributed by atoms with Gasteiger partial charge in [0.15, 0.2) is 0 Å². The van der Waals surface area contributed by atoms with Crippen LogP contribution < -0.4 is 0 Å².